The largest absolute Gasteiger partial charge is 0.480 e. The van der Waals surface area contributed by atoms with Crippen molar-refractivity contribution in [2.45, 2.75) is 6.04 Å². The molecule has 0 heterocycles. The van der Waals surface area contributed by atoms with Gasteiger partial charge in [0.1, 0.15) is 6.04 Å². The molecule has 0 spiro atoms. The summed E-state index contributed by atoms with van der Waals surface area (Å²) in [5.41, 5.74) is 0. The number of rotatable bonds is 3. The number of nitrogens with one attached hydrogen (secondary N) is 1. The molecular formula is C4H10ClNO2S. The van der Waals surface area contributed by atoms with Crippen LogP contribution in [0.5, 0.6) is 0 Å². The molecule has 0 unspecified atom stereocenters. The van der Waals surface area contributed by atoms with Crippen LogP contribution in [-0.2, 0) is 4.79 Å². The van der Waals surface area contributed by atoms with Crippen molar-refractivity contribution in [1.29, 1.82) is 0 Å². The van der Waals surface area contributed by atoms with Gasteiger partial charge in [-0.2, -0.15) is 12.6 Å². The second-order valence-electron chi connectivity index (χ2n) is 1.36. The summed E-state index contributed by atoms with van der Waals surface area (Å²) in [5, 5.41) is 10.8. The Bertz CT molecular complexity index is 86.6. The molecule has 0 rings (SSSR count). The van der Waals surface area contributed by atoms with Crippen LogP contribution >= 0.6 is 25.0 Å². The summed E-state index contributed by atoms with van der Waals surface area (Å²) >= 11 is 3.79. The molecule has 2 N–H and O–H groups in total. The summed E-state index contributed by atoms with van der Waals surface area (Å²) in [6, 6.07) is -0.515. The summed E-state index contributed by atoms with van der Waals surface area (Å²) in [7, 11) is 1.59. The van der Waals surface area contributed by atoms with Crippen LogP contribution in [0.2, 0.25) is 0 Å². The molecule has 56 valence electrons. The molecule has 1 atom stereocenters. The third-order valence-corrected chi connectivity index (χ3v) is 1.19. The van der Waals surface area contributed by atoms with Gasteiger partial charge in [0, 0.05) is 5.75 Å². The highest BCUT2D eigenvalue weighted by molar-refractivity contribution is 7.80. The molecule has 0 aliphatic rings. The van der Waals surface area contributed by atoms with Gasteiger partial charge in [0.25, 0.3) is 0 Å². The Hall–Kier alpha value is 0.0700. The third kappa shape index (κ3) is 4.57. The van der Waals surface area contributed by atoms with Crippen LogP contribution in [0, 0.1) is 0 Å². The normalized spacial score (nSPS) is 11.8. The van der Waals surface area contributed by atoms with Crippen LogP contribution in [-0.4, -0.2) is 29.9 Å². The molecule has 5 heteroatoms. The molecule has 0 aliphatic carbocycles. The van der Waals surface area contributed by atoms with Gasteiger partial charge in [-0.25, -0.2) is 0 Å². The van der Waals surface area contributed by atoms with E-state index in [0.717, 1.165) is 0 Å². The number of thiol groups is 1. The molecule has 0 saturated heterocycles. The van der Waals surface area contributed by atoms with Crippen LogP contribution in [0.15, 0.2) is 0 Å². The lowest BCUT2D eigenvalue weighted by Crippen LogP contribution is -2.35. The van der Waals surface area contributed by atoms with Crippen molar-refractivity contribution in [3.8, 4) is 0 Å². The molecule has 3 nitrogen and oxygen atoms in total. The van der Waals surface area contributed by atoms with Gasteiger partial charge in [-0.3, -0.25) is 4.79 Å². The van der Waals surface area contributed by atoms with Crippen LogP contribution in [0.3, 0.4) is 0 Å². The van der Waals surface area contributed by atoms with E-state index < -0.39 is 12.0 Å². The maximum atomic E-state index is 10.1. The average Bonchev–Trinajstić information content (AvgIpc) is 1.69. The lowest BCUT2D eigenvalue weighted by atomic mass is 10.3. The zero-order valence-corrected chi connectivity index (χ0v) is 6.71. The predicted octanol–water partition coefficient (Wildman–Crippen LogP) is 0.0106. The maximum Gasteiger partial charge on any atom is 0.321 e. The monoisotopic (exact) mass is 171 g/mol. The lowest BCUT2D eigenvalue weighted by Gasteiger charge is -2.04. The van der Waals surface area contributed by atoms with Crippen molar-refractivity contribution in [2.75, 3.05) is 12.8 Å². The van der Waals surface area contributed by atoms with E-state index in [2.05, 4.69) is 17.9 Å². The summed E-state index contributed by atoms with van der Waals surface area (Å²) in [6.07, 6.45) is 0. The molecule has 0 amide bonds. The Morgan fingerprint density at radius 1 is 1.89 bits per heavy atom. The Morgan fingerprint density at radius 3 is 2.33 bits per heavy atom. The van der Waals surface area contributed by atoms with Crippen LogP contribution in [0.1, 0.15) is 0 Å². The number of carbonyl (C=O) groups is 1. The average molecular weight is 172 g/mol. The van der Waals surface area contributed by atoms with Crippen molar-refractivity contribution >= 4 is 31.0 Å². The number of hydrogen-bond acceptors (Lipinski definition) is 3. The summed E-state index contributed by atoms with van der Waals surface area (Å²) in [4.78, 5) is 10.1. The van der Waals surface area contributed by atoms with E-state index in [1.807, 2.05) is 0 Å². The van der Waals surface area contributed by atoms with Crippen molar-refractivity contribution in [1.82, 2.24) is 5.32 Å². The molecule has 0 radical (unpaired) electrons. The predicted molar refractivity (Wildman–Crippen MR) is 41.6 cm³/mol. The molecule has 0 aromatic carbocycles. The Balaban J connectivity index is 0. The van der Waals surface area contributed by atoms with E-state index in [1.54, 1.807) is 7.05 Å². The molecule has 0 bridgehead atoms. The fraction of sp³-hybridized carbons (Fsp3) is 0.750. The van der Waals surface area contributed by atoms with Crippen LogP contribution in [0.25, 0.3) is 0 Å². The Morgan fingerprint density at radius 2 is 2.33 bits per heavy atom. The minimum Gasteiger partial charge on any atom is -0.480 e. The van der Waals surface area contributed by atoms with E-state index >= 15 is 0 Å². The topological polar surface area (TPSA) is 49.3 Å². The van der Waals surface area contributed by atoms with E-state index in [-0.39, 0.29) is 12.4 Å². The first-order valence-electron chi connectivity index (χ1n) is 2.23. The lowest BCUT2D eigenvalue weighted by molar-refractivity contribution is -0.138. The van der Waals surface area contributed by atoms with Gasteiger partial charge in [-0.1, -0.05) is 0 Å². The van der Waals surface area contributed by atoms with Gasteiger partial charge in [-0.15, -0.1) is 12.4 Å². The van der Waals surface area contributed by atoms with Crippen molar-refractivity contribution < 1.29 is 9.90 Å². The number of likely N-dealkylation sites (N-methyl/N-ethyl adjacent to an activating group) is 1. The first kappa shape index (κ1) is 11.8. The van der Waals surface area contributed by atoms with Gasteiger partial charge >= 0.3 is 5.97 Å². The second-order valence-corrected chi connectivity index (χ2v) is 1.73. The highest BCUT2D eigenvalue weighted by Gasteiger charge is 2.10. The molecule has 0 aromatic heterocycles. The first-order valence-corrected chi connectivity index (χ1v) is 2.86. The van der Waals surface area contributed by atoms with Crippen molar-refractivity contribution in [3.63, 3.8) is 0 Å². The van der Waals surface area contributed by atoms with Gasteiger partial charge < -0.3 is 10.4 Å². The zero-order valence-electron chi connectivity index (χ0n) is 5.00. The highest BCUT2D eigenvalue weighted by atomic mass is 35.5. The summed E-state index contributed by atoms with van der Waals surface area (Å²) in [5.74, 6) is -0.534. The number of carboxylic acid groups (broad SMARTS) is 1. The first-order chi connectivity index (χ1) is 3.72. The highest BCUT2D eigenvalue weighted by Crippen LogP contribution is 1.84. The maximum absolute atomic E-state index is 10.1. The van der Waals surface area contributed by atoms with Gasteiger partial charge in [0.2, 0.25) is 0 Å². The molecule has 0 aromatic rings. The SMILES string of the molecule is CN[C@@H](CS)C(=O)O.Cl. The number of carboxylic acids is 1. The number of aliphatic carboxylic acids is 1. The van der Waals surface area contributed by atoms with E-state index in [9.17, 15) is 4.79 Å². The van der Waals surface area contributed by atoms with E-state index in [4.69, 9.17) is 5.11 Å². The minimum absolute atomic E-state index is 0. The van der Waals surface area contributed by atoms with E-state index in [0.29, 0.717) is 5.75 Å². The minimum atomic E-state index is -0.859. The molecule has 0 fully saturated rings. The zero-order chi connectivity index (χ0) is 6.57. The fourth-order valence-corrected chi connectivity index (χ4v) is 0.632. The molecule has 0 aliphatic heterocycles. The van der Waals surface area contributed by atoms with Crippen molar-refractivity contribution in [3.05, 3.63) is 0 Å². The standard InChI is InChI=1S/C4H9NO2S.ClH/c1-5-3(2-8)4(6)7;/h3,5,8H,2H2,1H3,(H,6,7);1H/t3-;/m0./s1. The molecule has 9 heavy (non-hydrogen) atoms. The number of hydrogen-bond donors (Lipinski definition) is 3. The van der Waals surface area contributed by atoms with Gasteiger partial charge in [0.15, 0.2) is 0 Å². The Labute approximate surface area is 65.6 Å². The third-order valence-electron chi connectivity index (χ3n) is 0.829. The molecule has 0 saturated carbocycles. The van der Waals surface area contributed by atoms with Crippen LogP contribution in [0.4, 0.5) is 0 Å². The fourth-order valence-electron chi connectivity index (χ4n) is 0.293. The van der Waals surface area contributed by atoms with Gasteiger partial charge in [0.05, 0.1) is 0 Å². The Kier molecular flexibility index (Phi) is 8.13. The van der Waals surface area contributed by atoms with E-state index in [1.165, 1.54) is 0 Å². The van der Waals surface area contributed by atoms with Crippen molar-refractivity contribution in [2.24, 2.45) is 0 Å². The van der Waals surface area contributed by atoms with Crippen LogP contribution < -0.4 is 5.32 Å². The summed E-state index contributed by atoms with van der Waals surface area (Å²) < 4.78 is 0. The smallest absolute Gasteiger partial charge is 0.321 e. The quantitative estimate of drug-likeness (QED) is 0.525. The second kappa shape index (κ2) is 6.19. The van der Waals surface area contributed by atoms with Gasteiger partial charge in [-0.05, 0) is 7.05 Å². The number of halogens is 1. The molecular weight excluding hydrogens is 162 g/mol. The summed E-state index contributed by atoms with van der Waals surface area (Å²) in [6.45, 7) is 0.